The van der Waals surface area contributed by atoms with Gasteiger partial charge in [0.05, 0.1) is 13.0 Å². The quantitative estimate of drug-likeness (QED) is 0.318. The molecule has 0 radical (unpaired) electrons. The van der Waals surface area contributed by atoms with Crippen molar-refractivity contribution in [2.75, 3.05) is 7.11 Å². The molecule has 0 aromatic carbocycles. The van der Waals surface area contributed by atoms with E-state index in [1.54, 1.807) is 0 Å². The van der Waals surface area contributed by atoms with Gasteiger partial charge in [-0.2, -0.15) is 0 Å². The van der Waals surface area contributed by atoms with E-state index in [1.807, 2.05) is 6.08 Å². The summed E-state index contributed by atoms with van der Waals surface area (Å²) in [4.78, 5) is 11.5. The standard InChI is InChI=1S/C14H26O2/c1-4-6-8-10-12-13(14(15)16-3)11-9-7-5-2/h5,13H,2,4,6-12H2,1,3H3. The fraction of sp³-hybridized carbons (Fsp3) is 0.786. The number of carbonyl (C=O) groups excluding carboxylic acids is 1. The number of hydrogen-bond donors (Lipinski definition) is 0. The van der Waals surface area contributed by atoms with Crippen LogP contribution in [0.25, 0.3) is 0 Å². The number of methoxy groups -OCH3 is 1. The number of ether oxygens (including phenoxy) is 1. The molecule has 2 heteroatoms. The summed E-state index contributed by atoms with van der Waals surface area (Å²) in [6.07, 6.45) is 10.7. The molecule has 0 aromatic heterocycles. The Balaban J connectivity index is 3.81. The maximum Gasteiger partial charge on any atom is 0.308 e. The molecule has 1 atom stereocenters. The summed E-state index contributed by atoms with van der Waals surface area (Å²) in [5.41, 5.74) is 0. The monoisotopic (exact) mass is 226 g/mol. The molecule has 0 heterocycles. The zero-order chi connectivity index (χ0) is 12.2. The van der Waals surface area contributed by atoms with E-state index in [0.29, 0.717) is 0 Å². The van der Waals surface area contributed by atoms with Gasteiger partial charge in [0, 0.05) is 0 Å². The molecular formula is C14H26O2. The highest BCUT2D eigenvalue weighted by molar-refractivity contribution is 5.72. The van der Waals surface area contributed by atoms with E-state index >= 15 is 0 Å². The lowest BCUT2D eigenvalue weighted by atomic mass is 9.95. The summed E-state index contributed by atoms with van der Waals surface area (Å²) in [6.45, 7) is 5.89. The van der Waals surface area contributed by atoms with Crippen molar-refractivity contribution in [1.82, 2.24) is 0 Å². The predicted molar refractivity (Wildman–Crippen MR) is 68.3 cm³/mol. The molecule has 0 N–H and O–H groups in total. The number of rotatable bonds is 10. The van der Waals surface area contributed by atoms with Gasteiger partial charge >= 0.3 is 5.97 Å². The molecule has 0 bridgehead atoms. The smallest absolute Gasteiger partial charge is 0.308 e. The van der Waals surface area contributed by atoms with Crippen LogP contribution in [0.4, 0.5) is 0 Å². The molecule has 0 spiro atoms. The van der Waals surface area contributed by atoms with Crippen LogP contribution in [0, 0.1) is 5.92 Å². The van der Waals surface area contributed by atoms with Crippen molar-refractivity contribution in [2.24, 2.45) is 5.92 Å². The van der Waals surface area contributed by atoms with Crippen LogP contribution in [-0.2, 0) is 9.53 Å². The first-order valence-electron chi connectivity index (χ1n) is 6.45. The summed E-state index contributed by atoms with van der Waals surface area (Å²) >= 11 is 0. The highest BCUT2D eigenvalue weighted by Gasteiger charge is 2.17. The zero-order valence-corrected chi connectivity index (χ0v) is 10.8. The Bertz CT molecular complexity index is 187. The number of allylic oxidation sites excluding steroid dienone is 1. The van der Waals surface area contributed by atoms with Crippen molar-refractivity contribution in [1.29, 1.82) is 0 Å². The van der Waals surface area contributed by atoms with Crippen LogP contribution in [0.5, 0.6) is 0 Å². The van der Waals surface area contributed by atoms with Crippen molar-refractivity contribution in [3.05, 3.63) is 12.7 Å². The van der Waals surface area contributed by atoms with E-state index in [2.05, 4.69) is 13.5 Å². The minimum atomic E-state index is -0.0411. The van der Waals surface area contributed by atoms with Gasteiger partial charge in [0.25, 0.3) is 0 Å². The highest BCUT2D eigenvalue weighted by atomic mass is 16.5. The molecule has 0 fully saturated rings. The minimum Gasteiger partial charge on any atom is -0.469 e. The second-order valence-corrected chi connectivity index (χ2v) is 4.29. The first-order chi connectivity index (χ1) is 7.76. The molecule has 94 valence electrons. The molecule has 0 aliphatic rings. The maximum atomic E-state index is 11.5. The van der Waals surface area contributed by atoms with Crippen LogP contribution in [-0.4, -0.2) is 13.1 Å². The third-order valence-corrected chi connectivity index (χ3v) is 2.90. The Morgan fingerprint density at radius 2 is 1.94 bits per heavy atom. The van der Waals surface area contributed by atoms with E-state index in [1.165, 1.54) is 26.4 Å². The van der Waals surface area contributed by atoms with E-state index in [4.69, 9.17) is 4.74 Å². The van der Waals surface area contributed by atoms with Gasteiger partial charge in [0.2, 0.25) is 0 Å². The lowest BCUT2D eigenvalue weighted by molar-refractivity contribution is -0.146. The third kappa shape index (κ3) is 7.49. The Hall–Kier alpha value is -0.790. The van der Waals surface area contributed by atoms with Crippen LogP contribution in [0.2, 0.25) is 0 Å². The van der Waals surface area contributed by atoms with Gasteiger partial charge in [0.15, 0.2) is 0 Å². The molecule has 0 aromatic rings. The molecule has 0 saturated heterocycles. The lowest BCUT2D eigenvalue weighted by Crippen LogP contribution is -2.16. The van der Waals surface area contributed by atoms with Gasteiger partial charge in [-0.15, -0.1) is 6.58 Å². The Labute approximate surface area is 100 Å². The maximum absolute atomic E-state index is 11.5. The fourth-order valence-electron chi connectivity index (χ4n) is 1.87. The fourth-order valence-corrected chi connectivity index (χ4v) is 1.87. The summed E-state index contributed by atoms with van der Waals surface area (Å²) < 4.78 is 4.84. The lowest BCUT2D eigenvalue weighted by Gasteiger charge is -2.13. The summed E-state index contributed by atoms with van der Waals surface area (Å²) in [5.74, 6) is 0.0577. The predicted octanol–water partition coefficient (Wildman–Crippen LogP) is 4.10. The van der Waals surface area contributed by atoms with Crippen molar-refractivity contribution in [2.45, 2.75) is 58.3 Å². The van der Waals surface area contributed by atoms with E-state index in [-0.39, 0.29) is 11.9 Å². The molecule has 0 amide bonds. The molecule has 0 aliphatic carbocycles. The van der Waals surface area contributed by atoms with Crippen LogP contribution >= 0.6 is 0 Å². The molecule has 0 rings (SSSR count). The number of unbranched alkanes of at least 4 members (excludes halogenated alkanes) is 4. The third-order valence-electron chi connectivity index (χ3n) is 2.90. The number of hydrogen-bond acceptors (Lipinski definition) is 2. The number of esters is 1. The Morgan fingerprint density at radius 3 is 2.50 bits per heavy atom. The van der Waals surface area contributed by atoms with Crippen molar-refractivity contribution >= 4 is 5.97 Å². The average Bonchev–Trinajstić information content (AvgIpc) is 2.31. The van der Waals surface area contributed by atoms with E-state index in [0.717, 1.165) is 32.1 Å². The summed E-state index contributed by atoms with van der Waals surface area (Å²) in [6, 6.07) is 0. The number of carbonyl (C=O) groups is 1. The van der Waals surface area contributed by atoms with Gasteiger partial charge in [-0.05, 0) is 25.7 Å². The Morgan fingerprint density at radius 1 is 1.25 bits per heavy atom. The van der Waals surface area contributed by atoms with Crippen LogP contribution in [0.3, 0.4) is 0 Å². The van der Waals surface area contributed by atoms with Crippen molar-refractivity contribution in [3.8, 4) is 0 Å². The molecule has 0 aliphatic heterocycles. The molecule has 1 unspecified atom stereocenters. The normalized spacial score (nSPS) is 12.1. The zero-order valence-electron chi connectivity index (χ0n) is 10.8. The van der Waals surface area contributed by atoms with Gasteiger partial charge in [0.1, 0.15) is 0 Å². The summed E-state index contributed by atoms with van der Waals surface area (Å²) in [5, 5.41) is 0. The van der Waals surface area contributed by atoms with Gasteiger partial charge in [-0.1, -0.05) is 38.7 Å². The minimum absolute atomic E-state index is 0.0411. The van der Waals surface area contributed by atoms with Gasteiger partial charge in [-0.3, -0.25) is 4.79 Å². The van der Waals surface area contributed by atoms with Gasteiger partial charge < -0.3 is 4.74 Å². The second-order valence-electron chi connectivity index (χ2n) is 4.29. The summed E-state index contributed by atoms with van der Waals surface area (Å²) in [7, 11) is 1.48. The Kier molecular flexibility index (Phi) is 10.2. The topological polar surface area (TPSA) is 26.3 Å². The van der Waals surface area contributed by atoms with E-state index in [9.17, 15) is 4.79 Å². The van der Waals surface area contributed by atoms with Crippen molar-refractivity contribution < 1.29 is 9.53 Å². The molecular weight excluding hydrogens is 200 g/mol. The SMILES string of the molecule is C=CCCCC(CCCCCC)C(=O)OC. The largest absolute Gasteiger partial charge is 0.469 e. The van der Waals surface area contributed by atoms with Crippen LogP contribution < -0.4 is 0 Å². The first-order valence-corrected chi connectivity index (χ1v) is 6.45. The second kappa shape index (κ2) is 10.7. The van der Waals surface area contributed by atoms with Crippen LogP contribution in [0.1, 0.15) is 58.3 Å². The molecule has 16 heavy (non-hydrogen) atoms. The van der Waals surface area contributed by atoms with E-state index < -0.39 is 0 Å². The van der Waals surface area contributed by atoms with Gasteiger partial charge in [-0.25, -0.2) is 0 Å². The molecule has 0 saturated carbocycles. The first kappa shape index (κ1) is 15.2. The van der Waals surface area contributed by atoms with Crippen LogP contribution in [0.15, 0.2) is 12.7 Å². The van der Waals surface area contributed by atoms with Crippen molar-refractivity contribution in [3.63, 3.8) is 0 Å². The highest BCUT2D eigenvalue weighted by Crippen LogP contribution is 2.18. The average molecular weight is 226 g/mol. The molecule has 2 nitrogen and oxygen atoms in total.